The average Bonchev–Trinajstić information content (AvgIpc) is 2.79. The number of ether oxygens (including phenoxy) is 1. The molecule has 0 bridgehead atoms. The molecule has 0 unspecified atom stereocenters. The lowest BCUT2D eigenvalue weighted by Crippen LogP contribution is -2.36. The van der Waals surface area contributed by atoms with Crippen LogP contribution in [0.25, 0.3) is 0 Å². The second kappa shape index (κ2) is 6.60. The second-order valence-electron chi connectivity index (χ2n) is 5.19. The van der Waals surface area contributed by atoms with Gasteiger partial charge in [0, 0.05) is 17.9 Å². The average molecular weight is 415 g/mol. The summed E-state index contributed by atoms with van der Waals surface area (Å²) in [6.45, 7) is 0.318. The Kier molecular flexibility index (Phi) is 4.69. The SMILES string of the molecule is COc1ccc(N2c3ccccc3N(CCCBr)S2(=O)=O)c(F)c1. The molecule has 5 nitrogen and oxygen atoms in total. The molecule has 2 aromatic rings. The molecule has 3 rings (SSSR count). The van der Waals surface area contributed by atoms with E-state index in [0.29, 0.717) is 35.4 Å². The van der Waals surface area contributed by atoms with Gasteiger partial charge in [-0.25, -0.2) is 8.70 Å². The van der Waals surface area contributed by atoms with Crippen molar-refractivity contribution in [2.24, 2.45) is 0 Å². The van der Waals surface area contributed by atoms with Gasteiger partial charge in [0.1, 0.15) is 5.75 Å². The maximum Gasteiger partial charge on any atom is 0.331 e. The second-order valence-corrected chi connectivity index (χ2v) is 7.69. The molecule has 0 saturated heterocycles. The van der Waals surface area contributed by atoms with Gasteiger partial charge in [-0.1, -0.05) is 28.1 Å². The van der Waals surface area contributed by atoms with Crippen LogP contribution in [0.1, 0.15) is 6.42 Å². The Morgan fingerprint density at radius 2 is 1.83 bits per heavy atom. The molecule has 2 aromatic carbocycles. The molecular weight excluding hydrogens is 399 g/mol. The number of fused-ring (bicyclic) bond motifs is 1. The summed E-state index contributed by atoms with van der Waals surface area (Å²) in [5.74, 6) is -0.327. The van der Waals surface area contributed by atoms with Gasteiger partial charge in [-0.15, -0.1) is 0 Å². The van der Waals surface area contributed by atoms with Gasteiger partial charge in [0.25, 0.3) is 0 Å². The number of methoxy groups -OCH3 is 1. The summed E-state index contributed by atoms with van der Waals surface area (Å²) in [5, 5.41) is 0.679. The van der Waals surface area contributed by atoms with Crippen molar-refractivity contribution in [1.82, 2.24) is 0 Å². The van der Waals surface area contributed by atoms with Crippen molar-refractivity contribution in [2.75, 3.05) is 27.6 Å². The fourth-order valence-corrected chi connectivity index (χ4v) is 4.68. The molecule has 1 aliphatic heterocycles. The number of hydrogen-bond donors (Lipinski definition) is 0. The number of halogens is 2. The third-order valence-electron chi connectivity index (χ3n) is 3.75. The van der Waals surface area contributed by atoms with E-state index in [9.17, 15) is 12.8 Å². The first-order chi connectivity index (χ1) is 11.5. The van der Waals surface area contributed by atoms with Crippen LogP contribution in [0.4, 0.5) is 21.5 Å². The number of nitrogens with zero attached hydrogens (tertiary/aromatic N) is 2. The number of anilines is 3. The van der Waals surface area contributed by atoms with Gasteiger partial charge < -0.3 is 4.74 Å². The zero-order valence-electron chi connectivity index (χ0n) is 12.9. The van der Waals surface area contributed by atoms with Gasteiger partial charge in [-0.3, -0.25) is 4.31 Å². The minimum absolute atomic E-state index is 0.0235. The van der Waals surface area contributed by atoms with Crippen molar-refractivity contribution in [1.29, 1.82) is 0 Å². The lowest BCUT2D eigenvalue weighted by molar-refractivity contribution is 0.411. The van der Waals surface area contributed by atoms with E-state index in [4.69, 9.17) is 4.74 Å². The number of rotatable bonds is 5. The van der Waals surface area contributed by atoms with Crippen molar-refractivity contribution in [3.63, 3.8) is 0 Å². The molecule has 0 amide bonds. The maximum atomic E-state index is 14.5. The highest BCUT2D eigenvalue weighted by atomic mass is 79.9. The van der Waals surface area contributed by atoms with Crippen molar-refractivity contribution < 1.29 is 17.5 Å². The van der Waals surface area contributed by atoms with Crippen molar-refractivity contribution in [2.45, 2.75) is 6.42 Å². The molecule has 0 fully saturated rings. The van der Waals surface area contributed by atoms with Crippen LogP contribution in [0.3, 0.4) is 0 Å². The fourth-order valence-electron chi connectivity index (χ4n) is 2.67. The molecule has 0 aromatic heterocycles. The third kappa shape index (κ3) is 2.73. The van der Waals surface area contributed by atoms with E-state index < -0.39 is 16.0 Å². The Morgan fingerprint density at radius 3 is 2.46 bits per heavy atom. The Hall–Kier alpha value is -1.80. The van der Waals surface area contributed by atoms with E-state index in [0.717, 1.165) is 4.31 Å². The molecule has 1 heterocycles. The Labute approximate surface area is 149 Å². The normalized spacial score (nSPS) is 15.5. The van der Waals surface area contributed by atoms with E-state index in [1.165, 1.54) is 29.6 Å². The fraction of sp³-hybridized carbons (Fsp3) is 0.250. The van der Waals surface area contributed by atoms with E-state index in [1.54, 1.807) is 24.3 Å². The molecular formula is C16H16BrFN2O3S. The van der Waals surface area contributed by atoms with Crippen LogP contribution in [-0.4, -0.2) is 27.4 Å². The first kappa shape index (κ1) is 17.0. The monoisotopic (exact) mass is 414 g/mol. The Morgan fingerprint density at radius 1 is 1.12 bits per heavy atom. The molecule has 8 heteroatoms. The van der Waals surface area contributed by atoms with E-state index in [-0.39, 0.29) is 5.69 Å². The minimum atomic E-state index is -3.89. The van der Waals surface area contributed by atoms with Crippen LogP contribution in [-0.2, 0) is 10.2 Å². The van der Waals surface area contributed by atoms with Crippen LogP contribution in [0, 0.1) is 5.82 Å². The number of hydrogen-bond acceptors (Lipinski definition) is 3. The summed E-state index contributed by atoms with van der Waals surface area (Å²) in [4.78, 5) is 0. The van der Waals surface area contributed by atoms with Crippen LogP contribution in [0.2, 0.25) is 0 Å². The van der Waals surface area contributed by atoms with Crippen molar-refractivity contribution in [3.05, 3.63) is 48.3 Å². The molecule has 0 saturated carbocycles. The van der Waals surface area contributed by atoms with Crippen molar-refractivity contribution in [3.8, 4) is 5.75 Å². The first-order valence-electron chi connectivity index (χ1n) is 7.32. The predicted octanol–water partition coefficient (Wildman–Crippen LogP) is 3.82. The third-order valence-corrected chi connectivity index (χ3v) is 6.10. The van der Waals surface area contributed by atoms with Gasteiger partial charge in [-0.2, -0.15) is 8.42 Å². The molecule has 0 spiro atoms. The summed E-state index contributed by atoms with van der Waals surface area (Å²) in [6, 6.07) is 11.0. The van der Waals surface area contributed by atoms with Crippen LogP contribution in [0.15, 0.2) is 42.5 Å². The highest BCUT2D eigenvalue weighted by Crippen LogP contribution is 2.46. The van der Waals surface area contributed by atoms with Gasteiger partial charge in [0.2, 0.25) is 0 Å². The Balaban J connectivity index is 2.14. The van der Waals surface area contributed by atoms with Gasteiger partial charge in [-0.05, 0) is 30.7 Å². The summed E-state index contributed by atoms with van der Waals surface area (Å²) in [6.07, 6.45) is 0.645. The first-order valence-corrected chi connectivity index (χ1v) is 9.84. The summed E-state index contributed by atoms with van der Waals surface area (Å²) < 4.78 is 47.8. The van der Waals surface area contributed by atoms with Crippen LogP contribution in [0.5, 0.6) is 5.75 Å². The number of para-hydroxylation sites is 2. The maximum absolute atomic E-state index is 14.5. The van der Waals surface area contributed by atoms with Crippen LogP contribution < -0.4 is 13.3 Å². The molecule has 0 atom stereocenters. The molecule has 128 valence electrons. The summed E-state index contributed by atoms with van der Waals surface area (Å²) in [7, 11) is -2.46. The topological polar surface area (TPSA) is 49.9 Å². The molecule has 24 heavy (non-hydrogen) atoms. The smallest absolute Gasteiger partial charge is 0.331 e. The zero-order valence-corrected chi connectivity index (χ0v) is 15.3. The summed E-state index contributed by atoms with van der Waals surface area (Å²) in [5.41, 5.74) is 0.967. The molecule has 0 aliphatic carbocycles. The molecule has 0 N–H and O–H groups in total. The van der Waals surface area contributed by atoms with E-state index >= 15 is 0 Å². The van der Waals surface area contributed by atoms with Gasteiger partial charge in [0.15, 0.2) is 5.82 Å². The highest BCUT2D eigenvalue weighted by Gasteiger charge is 2.41. The largest absolute Gasteiger partial charge is 0.497 e. The minimum Gasteiger partial charge on any atom is -0.497 e. The number of alkyl halides is 1. The zero-order chi connectivity index (χ0) is 17.3. The van der Waals surface area contributed by atoms with E-state index in [1.807, 2.05) is 0 Å². The van der Waals surface area contributed by atoms with E-state index in [2.05, 4.69) is 15.9 Å². The van der Waals surface area contributed by atoms with Gasteiger partial charge >= 0.3 is 10.2 Å². The molecule has 0 radical (unpaired) electrons. The lowest BCUT2D eigenvalue weighted by atomic mass is 10.2. The quantitative estimate of drug-likeness (QED) is 0.698. The Bertz CT molecular complexity index is 860. The standard InChI is InChI=1S/C16H16BrFN2O3S/c1-23-12-7-8-14(13(18)11-12)20-16-6-3-2-5-15(16)19(10-4-9-17)24(20,21)22/h2-3,5-8,11H,4,9-10H2,1H3. The lowest BCUT2D eigenvalue weighted by Gasteiger charge is -2.22. The number of benzene rings is 2. The predicted molar refractivity (Wildman–Crippen MR) is 96.2 cm³/mol. The van der Waals surface area contributed by atoms with Crippen LogP contribution >= 0.6 is 15.9 Å². The highest BCUT2D eigenvalue weighted by molar-refractivity contribution is 9.09. The molecule has 1 aliphatic rings. The summed E-state index contributed by atoms with van der Waals surface area (Å²) >= 11 is 3.31. The van der Waals surface area contributed by atoms with Crippen molar-refractivity contribution >= 4 is 43.2 Å². The van der Waals surface area contributed by atoms with Gasteiger partial charge in [0.05, 0.1) is 24.2 Å².